The van der Waals surface area contributed by atoms with Crippen LogP contribution in [0.2, 0.25) is 5.02 Å². The molecule has 0 fully saturated rings. The number of nitrogens with one attached hydrogen (secondary N) is 2. The first-order chi connectivity index (χ1) is 9.51. The number of benzene rings is 1. The Morgan fingerprint density at radius 3 is 2.75 bits per heavy atom. The van der Waals surface area contributed by atoms with Gasteiger partial charge in [0.2, 0.25) is 0 Å². The molecule has 0 saturated heterocycles. The Labute approximate surface area is 123 Å². The van der Waals surface area contributed by atoms with Crippen LogP contribution >= 0.6 is 23.4 Å². The number of rotatable bonds is 4. The Bertz CT molecular complexity index is 672. The van der Waals surface area contributed by atoms with E-state index in [0.29, 0.717) is 10.6 Å². The fraction of sp³-hybridized carbons (Fsp3) is 0.0833. The monoisotopic (exact) mass is 311 g/mol. The summed E-state index contributed by atoms with van der Waals surface area (Å²) in [4.78, 5) is 23.7. The molecule has 1 aromatic heterocycles. The van der Waals surface area contributed by atoms with Gasteiger partial charge in [-0.3, -0.25) is 9.89 Å². The molecule has 0 aliphatic heterocycles. The first kappa shape index (κ1) is 14.4. The zero-order valence-electron chi connectivity index (χ0n) is 10.3. The first-order valence-electron chi connectivity index (χ1n) is 5.45. The number of hydrogen-bond donors (Lipinski definition) is 3. The molecule has 0 unspecified atom stereocenters. The van der Waals surface area contributed by atoms with Crippen molar-refractivity contribution in [3.63, 3.8) is 0 Å². The number of halogens is 1. The second kappa shape index (κ2) is 5.98. The molecule has 0 saturated carbocycles. The van der Waals surface area contributed by atoms with Crippen LogP contribution in [0.1, 0.15) is 20.8 Å². The zero-order valence-corrected chi connectivity index (χ0v) is 11.9. The highest BCUT2D eigenvalue weighted by Crippen LogP contribution is 2.23. The van der Waals surface area contributed by atoms with E-state index >= 15 is 0 Å². The molecule has 20 heavy (non-hydrogen) atoms. The molecule has 1 amide bonds. The van der Waals surface area contributed by atoms with E-state index in [1.54, 1.807) is 18.2 Å². The van der Waals surface area contributed by atoms with Gasteiger partial charge in [-0.1, -0.05) is 11.6 Å². The maximum absolute atomic E-state index is 12.1. The maximum Gasteiger partial charge on any atom is 0.353 e. The molecule has 2 aromatic rings. The average Bonchev–Trinajstić information content (AvgIpc) is 2.88. The van der Waals surface area contributed by atoms with Crippen LogP contribution in [0.25, 0.3) is 0 Å². The minimum absolute atomic E-state index is 0.107. The third kappa shape index (κ3) is 3.12. The summed E-state index contributed by atoms with van der Waals surface area (Å²) in [5, 5.41) is 17.5. The van der Waals surface area contributed by atoms with Crippen molar-refractivity contribution in [2.75, 3.05) is 11.6 Å². The number of carboxylic acids is 1. The molecule has 0 spiro atoms. The quantitative estimate of drug-likeness (QED) is 0.755. The van der Waals surface area contributed by atoms with E-state index in [4.69, 9.17) is 16.7 Å². The van der Waals surface area contributed by atoms with Gasteiger partial charge in [-0.25, -0.2) is 4.79 Å². The van der Waals surface area contributed by atoms with Crippen molar-refractivity contribution in [3.8, 4) is 0 Å². The highest BCUT2D eigenvalue weighted by Gasteiger charge is 2.14. The number of H-pyrrole nitrogens is 1. The van der Waals surface area contributed by atoms with Crippen LogP contribution in [-0.4, -0.2) is 33.4 Å². The number of thioether (sulfide) groups is 1. The second-order valence-corrected chi connectivity index (χ2v) is 5.06. The lowest BCUT2D eigenvalue weighted by Gasteiger charge is -2.05. The van der Waals surface area contributed by atoms with E-state index in [0.717, 1.165) is 4.90 Å². The van der Waals surface area contributed by atoms with Crippen molar-refractivity contribution in [1.82, 2.24) is 10.2 Å². The Morgan fingerprint density at radius 2 is 2.15 bits per heavy atom. The van der Waals surface area contributed by atoms with Gasteiger partial charge < -0.3 is 10.4 Å². The van der Waals surface area contributed by atoms with E-state index in [-0.39, 0.29) is 11.5 Å². The Morgan fingerprint density at radius 1 is 1.40 bits per heavy atom. The van der Waals surface area contributed by atoms with Crippen LogP contribution in [0.4, 0.5) is 5.82 Å². The normalized spacial score (nSPS) is 10.3. The van der Waals surface area contributed by atoms with E-state index in [1.807, 2.05) is 6.26 Å². The summed E-state index contributed by atoms with van der Waals surface area (Å²) in [5.41, 5.74) is 0.197. The van der Waals surface area contributed by atoms with Gasteiger partial charge in [-0.05, 0) is 24.5 Å². The summed E-state index contributed by atoms with van der Waals surface area (Å²) in [5.74, 6) is -1.48. The van der Waals surface area contributed by atoms with Gasteiger partial charge in [-0.2, -0.15) is 5.10 Å². The molecule has 3 N–H and O–H groups in total. The summed E-state index contributed by atoms with van der Waals surface area (Å²) in [6.45, 7) is 0. The summed E-state index contributed by atoms with van der Waals surface area (Å²) in [6.07, 6.45) is 1.89. The van der Waals surface area contributed by atoms with E-state index in [9.17, 15) is 9.59 Å². The van der Waals surface area contributed by atoms with E-state index in [1.165, 1.54) is 17.8 Å². The smallest absolute Gasteiger partial charge is 0.353 e. The Hall–Kier alpha value is -1.99. The number of hydrogen-bond acceptors (Lipinski definition) is 4. The molecule has 0 aliphatic carbocycles. The molecule has 104 valence electrons. The predicted molar refractivity (Wildman–Crippen MR) is 76.7 cm³/mol. The number of anilines is 1. The molecule has 0 radical (unpaired) electrons. The highest BCUT2D eigenvalue weighted by molar-refractivity contribution is 7.98. The van der Waals surface area contributed by atoms with Crippen molar-refractivity contribution in [1.29, 1.82) is 0 Å². The fourth-order valence-electron chi connectivity index (χ4n) is 1.48. The topological polar surface area (TPSA) is 95.1 Å². The Balaban J connectivity index is 2.21. The van der Waals surface area contributed by atoms with Crippen molar-refractivity contribution >= 4 is 41.1 Å². The lowest BCUT2D eigenvalue weighted by Crippen LogP contribution is -2.12. The molecular weight excluding hydrogens is 302 g/mol. The minimum atomic E-state index is -1.15. The van der Waals surface area contributed by atoms with Crippen LogP contribution in [0.15, 0.2) is 29.2 Å². The summed E-state index contributed by atoms with van der Waals surface area (Å²) in [6, 6.07) is 6.33. The average molecular weight is 312 g/mol. The van der Waals surface area contributed by atoms with Crippen LogP contribution in [0.3, 0.4) is 0 Å². The van der Waals surface area contributed by atoms with Crippen molar-refractivity contribution in [2.24, 2.45) is 0 Å². The van der Waals surface area contributed by atoms with Gasteiger partial charge in [-0.15, -0.1) is 11.8 Å². The third-order valence-electron chi connectivity index (χ3n) is 2.47. The van der Waals surface area contributed by atoms with E-state index < -0.39 is 11.9 Å². The molecule has 8 heteroatoms. The molecular formula is C12H10ClN3O3S. The highest BCUT2D eigenvalue weighted by atomic mass is 35.5. The molecule has 1 aromatic carbocycles. The van der Waals surface area contributed by atoms with Gasteiger partial charge >= 0.3 is 5.97 Å². The van der Waals surface area contributed by atoms with E-state index in [2.05, 4.69) is 15.5 Å². The van der Waals surface area contributed by atoms with Crippen molar-refractivity contribution in [2.45, 2.75) is 4.90 Å². The minimum Gasteiger partial charge on any atom is -0.477 e. The van der Waals surface area contributed by atoms with Gasteiger partial charge in [0.1, 0.15) is 5.69 Å². The summed E-state index contributed by atoms with van der Waals surface area (Å²) >= 11 is 7.46. The lowest BCUT2D eigenvalue weighted by molar-refractivity contribution is 0.0690. The largest absolute Gasteiger partial charge is 0.477 e. The number of amides is 1. The van der Waals surface area contributed by atoms with Crippen LogP contribution in [-0.2, 0) is 0 Å². The van der Waals surface area contributed by atoms with Crippen LogP contribution in [0.5, 0.6) is 0 Å². The van der Waals surface area contributed by atoms with Crippen LogP contribution < -0.4 is 5.32 Å². The van der Waals surface area contributed by atoms with Gasteiger partial charge in [0.15, 0.2) is 5.82 Å². The van der Waals surface area contributed by atoms with Crippen molar-refractivity contribution < 1.29 is 14.7 Å². The summed E-state index contributed by atoms with van der Waals surface area (Å²) < 4.78 is 0. The summed E-state index contributed by atoms with van der Waals surface area (Å²) in [7, 11) is 0. The molecule has 6 nitrogen and oxygen atoms in total. The van der Waals surface area contributed by atoms with Crippen molar-refractivity contribution in [3.05, 3.63) is 40.5 Å². The molecule has 0 aliphatic rings. The second-order valence-electron chi connectivity index (χ2n) is 3.77. The number of aromatic carboxylic acids is 1. The molecule has 0 bridgehead atoms. The number of nitrogens with zero attached hydrogens (tertiary/aromatic N) is 1. The van der Waals surface area contributed by atoms with Gasteiger partial charge in [0.25, 0.3) is 5.91 Å². The molecule has 1 heterocycles. The SMILES string of the molecule is CSc1ccc(Cl)c(C(=O)Nc2cc(C(=O)O)[nH]n2)c1. The number of aromatic nitrogens is 2. The third-order valence-corrected chi connectivity index (χ3v) is 3.52. The van der Waals surface area contributed by atoms with Gasteiger partial charge in [0, 0.05) is 11.0 Å². The van der Waals surface area contributed by atoms with Crippen LogP contribution in [0, 0.1) is 0 Å². The fourth-order valence-corrected chi connectivity index (χ4v) is 2.13. The number of aromatic amines is 1. The number of carboxylic acid groups (broad SMARTS) is 1. The first-order valence-corrected chi connectivity index (χ1v) is 7.05. The predicted octanol–water partition coefficient (Wildman–Crippen LogP) is 2.74. The Kier molecular flexibility index (Phi) is 4.31. The molecule has 0 atom stereocenters. The number of carbonyl (C=O) groups excluding carboxylic acids is 1. The number of carbonyl (C=O) groups is 2. The standard InChI is InChI=1S/C12H10ClN3O3S/c1-20-6-2-3-8(13)7(4-6)11(17)14-10-5-9(12(18)19)15-16-10/h2-5H,1H3,(H,18,19)(H2,14,15,16,17). The molecule has 2 rings (SSSR count). The lowest BCUT2D eigenvalue weighted by atomic mass is 10.2. The van der Waals surface area contributed by atoms with Gasteiger partial charge in [0.05, 0.1) is 10.6 Å². The zero-order chi connectivity index (χ0) is 14.7. The maximum atomic E-state index is 12.1.